The molecule has 1 N–H and O–H groups in total. The van der Waals surface area contributed by atoms with Crippen molar-refractivity contribution in [1.29, 1.82) is 0 Å². The van der Waals surface area contributed by atoms with E-state index in [0.717, 1.165) is 17.7 Å². The molecule has 0 spiro atoms. The Morgan fingerprint density at radius 2 is 1.69 bits per heavy atom. The first kappa shape index (κ1) is 17.6. The maximum Gasteiger partial charge on any atom is 0.254 e. The Kier molecular flexibility index (Phi) is 3.97. The van der Waals surface area contributed by atoms with Crippen LogP contribution in [-0.2, 0) is 9.59 Å². The highest BCUT2D eigenvalue weighted by atomic mass is 16.5. The fourth-order valence-electron chi connectivity index (χ4n) is 4.29. The van der Waals surface area contributed by atoms with Crippen LogP contribution in [-0.4, -0.2) is 38.5 Å². The van der Waals surface area contributed by atoms with E-state index in [4.69, 9.17) is 4.74 Å². The molecule has 3 aromatic rings. The highest BCUT2D eigenvalue weighted by Crippen LogP contribution is 2.39. The lowest BCUT2D eigenvalue weighted by Gasteiger charge is -2.19. The van der Waals surface area contributed by atoms with Gasteiger partial charge in [-0.05, 0) is 37.1 Å². The third kappa shape index (κ3) is 2.72. The number of hydrogen-bond donors (Lipinski definition) is 1. The van der Waals surface area contributed by atoms with Crippen LogP contribution in [0.15, 0.2) is 35.1 Å². The number of H-pyrrole nitrogens is 1. The second kappa shape index (κ2) is 6.54. The van der Waals surface area contributed by atoms with Gasteiger partial charge < -0.3 is 4.74 Å². The molecule has 3 heterocycles. The summed E-state index contributed by atoms with van der Waals surface area (Å²) in [5, 5.41) is 4.46. The SMILES string of the molecule is COc1ccc(-c2nc3[nH]c(=O)cc(N4C(=O)C5CCCCC5C4=O)n3n2)cc1. The van der Waals surface area contributed by atoms with E-state index >= 15 is 0 Å². The van der Waals surface area contributed by atoms with Crippen LogP contribution in [0, 0.1) is 11.8 Å². The smallest absolute Gasteiger partial charge is 0.254 e. The van der Waals surface area contributed by atoms with Gasteiger partial charge in [0.1, 0.15) is 5.75 Å². The Morgan fingerprint density at radius 1 is 1.03 bits per heavy atom. The summed E-state index contributed by atoms with van der Waals surface area (Å²) in [7, 11) is 1.58. The van der Waals surface area contributed by atoms with Crippen LogP contribution < -0.4 is 15.2 Å². The molecule has 0 radical (unpaired) electrons. The van der Waals surface area contributed by atoms with Crippen molar-refractivity contribution >= 4 is 23.4 Å². The zero-order chi connectivity index (χ0) is 20.1. The van der Waals surface area contributed by atoms with Crippen LogP contribution in [0.2, 0.25) is 0 Å². The highest BCUT2D eigenvalue weighted by Gasteiger charge is 2.49. The number of ether oxygens (including phenoxy) is 1. The molecule has 9 heteroatoms. The van der Waals surface area contributed by atoms with Gasteiger partial charge in [-0.15, -0.1) is 5.10 Å². The lowest BCUT2D eigenvalue weighted by Crippen LogP contribution is -2.34. The zero-order valence-electron chi connectivity index (χ0n) is 15.8. The minimum absolute atomic E-state index is 0.139. The van der Waals surface area contributed by atoms with Crippen LogP contribution in [0.25, 0.3) is 17.2 Å². The maximum absolute atomic E-state index is 13.0. The van der Waals surface area contributed by atoms with Crippen molar-refractivity contribution in [2.75, 3.05) is 12.0 Å². The zero-order valence-corrected chi connectivity index (χ0v) is 15.8. The number of fused-ring (bicyclic) bond motifs is 2. The number of benzene rings is 1. The number of nitrogens with zero attached hydrogens (tertiary/aromatic N) is 4. The van der Waals surface area contributed by atoms with E-state index in [0.29, 0.717) is 30.0 Å². The fourth-order valence-corrected chi connectivity index (χ4v) is 4.29. The second-order valence-electron chi connectivity index (χ2n) is 7.40. The van der Waals surface area contributed by atoms with Gasteiger partial charge in [0.25, 0.3) is 5.56 Å². The molecule has 1 aliphatic carbocycles. The Bertz CT molecular complexity index is 1160. The first-order valence-corrected chi connectivity index (χ1v) is 9.59. The number of carbonyl (C=O) groups is 2. The molecule has 1 aromatic carbocycles. The van der Waals surface area contributed by atoms with Crippen LogP contribution in [0.3, 0.4) is 0 Å². The Hall–Kier alpha value is -3.49. The number of nitrogens with one attached hydrogen (secondary N) is 1. The first-order valence-electron chi connectivity index (χ1n) is 9.59. The van der Waals surface area contributed by atoms with Crippen molar-refractivity contribution in [3.63, 3.8) is 0 Å². The molecule has 2 aromatic heterocycles. The number of amides is 2. The van der Waals surface area contributed by atoms with E-state index in [9.17, 15) is 14.4 Å². The third-order valence-electron chi connectivity index (χ3n) is 5.74. The molecule has 9 nitrogen and oxygen atoms in total. The molecule has 0 bridgehead atoms. The van der Waals surface area contributed by atoms with Crippen molar-refractivity contribution in [3.05, 3.63) is 40.7 Å². The molecule has 1 saturated carbocycles. The van der Waals surface area contributed by atoms with Crippen molar-refractivity contribution < 1.29 is 14.3 Å². The van der Waals surface area contributed by atoms with Gasteiger partial charge in [0.15, 0.2) is 11.6 Å². The van der Waals surface area contributed by atoms with Gasteiger partial charge in [0.2, 0.25) is 17.6 Å². The predicted octanol–water partition coefficient (Wildman–Crippen LogP) is 1.77. The van der Waals surface area contributed by atoms with Crippen molar-refractivity contribution in [1.82, 2.24) is 19.6 Å². The summed E-state index contributed by atoms with van der Waals surface area (Å²) in [6, 6.07) is 8.39. The van der Waals surface area contributed by atoms with Crippen LogP contribution in [0.5, 0.6) is 5.75 Å². The molecular weight excluding hydrogens is 374 g/mol. The fraction of sp³-hybridized carbons (Fsp3) is 0.350. The maximum atomic E-state index is 13.0. The molecule has 2 atom stereocenters. The summed E-state index contributed by atoms with van der Waals surface area (Å²) in [6.45, 7) is 0. The molecule has 2 fully saturated rings. The molecular formula is C20H19N5O4. The average molecular weight is 393 g/mol. The van der Waals surface area contributed by atoms with Crippen LogP contribution in [0.4, 0.5) is 5.82 Å². The molecule has 29 heavy (non-hydrogen) atoms. The standard InChI is InChI=1S/C20H19N5O4/c1-29-12-8-6-11(7-9-12)17-22-20-21-15(26)10-16(25(20)23-17)24-18(27)13-4-2-3-5-14(13)19(24)28/h6-10,13-14H,2-5H2,1H3,(H,21,22,23,26). The van der Waals surface area contributed by atoms with Gasteiger partial charge in [-0.1, -0.05) is 12.8 Å². The molecule has 2 unspecified atom stereocenters. The molecule has 1 aliphatic heterocycles. The summed E-state index contributed by atoms with van der Waals surface area (Å²) in [5.41, 5.74) is 0.269. The molecule has 1 saturated heterocycles. The second-order valence-corrected chi connectivity index (χ2v) is 7.40. The summed E-state index contributed by atoms with van der Waals surface area (Å²) >= 11 is 0. The Balaban J connectivity index is 1.62. The summed E-state index contributed by atoms with van der Waals surface area (Å²) < 4.78 is 6.52. The summed E-state index contributed by atoms with van der Waals surface area (Å²) in [5.74, 6) is 0.246. The topological polar surface area (TPSA) is 110 Å². The van der Waals surface area contributed by atoms with E-state index in [2.05, 4.69) is 15.1 Å². The number of anilines is 1. The molecule has 2 aliphatic rings. The minimum atomic E-state index is -0.448. The van der Waals surface area contributed by atoms with E-state index in [1.807, 2.05) is 0 Å². The van der Waals surface area contributed by atoms with Crippen LogP contribution >= 0.6 is 0 Å². The molecule has 148 valence electrons. The third-order valence-corrected chi connectivity index (χ3v) is 5.74. The van der Waals surface area contributed by atoms with E-state index in [-0.39, 0.29) is 35.2 Å². The number of imide groups is 1. The van der Waals surface area contributed by atoms with Crippen LogP contribution in [0.1, 0.15) is 25.7 Å². The number of hydrogen-bond acceptors (Lipinski definition) is 6. The van der Waals surface area contributed by atoms with Gasteiger partial charge in [-0.2, -0.15) is 9.50 Å². The minimum Gasteiger partial charge on any atom is -0.497 e. The van der Waals surface area contributed by atoms with Crippen molar-refractivity contribution in [2.24, 2.45) is 11.8 Å². The number of aromatic nitrogens is 4. The number of methoxy groups -OCH3 is 1. The Labute approximate surface area is 165 Å². The van der Waals surface area contributed by atoms with E-state index in [1.165, 1.54) is 10.6 Å². The van der Waals surface area contributed by atoms with Gasteiger partial charge in [0, 0.05) is 11.6 Å². The number of aromatic amines is 1. The lowest BCUT2D eigenvalue weighted by atomic mass is 9.81. The molecule has 2 amide bonds. The lowest BCUT2D eigenvalue weighted by molar-refractivity contribution is -0.122. The van der Waals surface area contributed by atoms with Crippen molar-refractivity contribution in [3.8, 4) is 17.1 Å². The summed E-state index contributed by atoms with van der Waals surface area (Å²) in [4.78, 5) is 46.3. The van der Waals surface area contributed by atoms with E-state index < -0.39 is 5.56 Å². The predicted molar refractivity (Wildman–Crippen MR) is 104 cm³/mol. The normalized spacial score (nSPS) is 21.6. The number of rotatable bonds is 3. The van der Waals surface area contributed by atoms with Crippen molar-refractivity contribution in [2.45, 2.75) is 25.7 Å². The average Bonchev–Trinajstić information content (AvgIpc) is 3.27. The van der Waals surface area contributed by atoms with Gasteiger partial charge in [-0.25, -0.2) is 4.90 Å². The highest BCUT2D eigenvalue weighted by molar-refractivity contribution is 6.21. The Morgan fingerprint density at radius 3 is 2.31 bits per heavy atom. The quantitative estimate of drug-likeness (QED) is 0.679. The number of carbonyl (C=O) groups excluding carboxylic acids is 2. The van der Waals surface area contributed by atoms with E-state index in [1.54, 1.807) is 31.4 Å². The summed E-state index contributed by atoms with van der Waals surface area (Å²) in [6.07, 6.45) is 3.27. The monoisotopic (exact) mass is 393 g/mol. The van der Waals surface area contributed by atoms with Gasteiger partial charge in [0.05, 0.1) is 18.9 Å². The molecule has 5 rings (SSSR count). The van der Waals surface area contributed by atoms with Gasteiger partial charge in [-0.3, -0.25) is 19.4 Å². The first-order chi connectivity index (χ1) is 14.1. The largest absolute Gasteiger partial charge is 0.497 e. The van der Waals surface area contributed by atoms with Gasteiger partial charge >= 0.3 is 0 Å².